The van der Waals surface area contributed by atoms with Gasteiger partial charge in [0.25, 0.3) is 5.91 Å². The first-order valence-corrected chi connectivity index (χ1v) is 12.0. The number of aromatic nitrogens is 1. The molecule has 1 amide bonds. The fourth-order valence-corrected chi connectivity index (χ4v) is 4.76. The molecule has 1 aliphatic rings. The van der Waals surface area contributed by atoms with E-state index in [0.29, 0.717) is 23.0 Å². The zero-order valence-electron chi connectivity index (χ0n) is 19.9. The minimum atomic E-state index is -0.0308. The van der Waals surface area contributed by atoms with E-state index in [2.05, 4.69) is 39.5 Å². The molecule has 0 fully saturated rings. The van der Waals surface area contributed by atoms with Gasteiger partial charge in [0.1, 0.15) is 0 Å². The Morgan fingerprint density at radius 3 is 2.27 bits per heavy atom. The minimum absolute atomic E-state index is 0. The number of benzene rings is 2. The van der Waals surface area contributed by atoms with Crippen molar-refractivity contribution in [2.45, 2.75) is 40.0 Å². The second-order valence-corrected chi connectivity index (χ2v) is 9.99. The van der Waals surface area contributed by atoms with E-state index in [1.807, 2.05) is 41.3 Å². The lowest BCUT2D eigenvalue weighted by molar-refractivity contribution is 0.0983. The third-order valence-corrected chi connectivity index (χ3v) is 6.92. The summed E-state index contributed by atoms with van der Waals surface area (Å²) in [5.74, 6) is 1.40. The minimum Gasteiger partial charge on any atom is -0.454 e. The Labute approximate surface area is 205 Å². The number of likely N-dealkylation sites (N-methyl/N-ethyl adjacent to an activating group) is 1. The van der Waals surface area contributed by atoms with Gasteiger partial charge in [0, 0.05) is 30.8 Å². The molecule has 2 heterocycles. The summed E-state index contributed by atoms with van der Waals surface area (Å²) < 4.78 is 12.0. The van der Waals surface area contributed by atoms with Crippen molar-refractivity contribution in [3.05, 3.63) is 47.5 Å². The van der Waals surface area contributed by atoms with Gasteiger partial charge >= 0.3 is 0 Å². The molecule has 4 rings (SSSR count). The molecule has 3 aromatic rings. The number of halogens is 1. The molecule has 0 unspecified atom stereocenters. The molecule has 0 atom stereocenters. The zero-order chi connectivity index (χ0) is 22.9. The van der Waals surface area contributed by atoms with Gasteiger partial charge in [0.2, 0.25) is 6.79 Å². The third kappa shape index (κ3) is 5.42. The van der Waals surface area contributed by atoms with Gasteiger partial charge in [-0.2, -0.15) is 0 Å². The first-order valence-electron chi connectivity index (χ1n) is 11.1. The maximum Gasteiger partial charge on any atom is 0.260 e. The molecule has 178 valence electrons. The highest BCUT2D eigenvalue weighted by atomic mass is 35.5. The predicted octanol–water partition coefficient (Wildman–Crippen LogP) is 5.73. The summed E-state index contributed by atoms with van der Waals surface area (Å²) in [6, 6.07) is 11.8. The third-order valence-electron chi connectivity index (χ3n) is 5.88. The molecule has 0 spiro atoms. The van der Waals surface area contributed by atoms with Crippen LogP contribution in [0, 0.1) is 0 Å². The lowest BCUT2D eigenvalue weighted by Crippen LogP contribution is -2.38. The van der Waals surface area contributed by atoms with Gasteiger partial charge in [0.05, 0.1) is 10.2 Å². The second-order valence-electron chi connectivity index (χ2n) is 8.98. The van der Waals surface area contributed by atoms with Crippen LogP contribution < -0.4 is 14.4 Å². The normalized spacial score (nSPS) is 12.8. The van der Waals surface area contributed by atoms with E-state index in [0.717, 1.165) is 35.6 Å². The van der Waals surface area contributed by atoms with Gasteiger partial charge in [0.15, 0.2) is 16.6 Å². The van der Waals surface area contributed by atoms with Crippen LogP contribution in [0.5, 0.6) is 11.5 Å². The molecule has 0 saturated carbocycles. The Balaban J connectivity index is 0.00000306. The van der Waals surface area contributed by atoms with Crippen molar-refractivity contribution in [1.82, 2.24) is 9.88 Å². The number of rotatable bonds is 7. The molecule has 33 heavy (non-hydrogen) atoms. The molecular weight excluding hydrogens is 458 g/mol. The SMILES string of the molecule is CCN(CC)CCN(C(=O)c1ccc(C(C)(C)C)cc1)c1nc2cc3c(cc2s1)OCO3.Cl. The smallest absolute Gasteiger partial charge is 0.260 e. The Kier molecular flexibility index (Phi) is 7.88. The first-order chi connectivity index (χ1) is 15.3. The van der Waals surface area contributed by atoms with Gasteiger partial charge in [-0.1, -0.05) is 58.1 Å². The van der Waals surface area contributed by atoms with Gasteiger partial charge in [-0.15, -0.1) is 12.4 Å². The van der Waals surface area contributed by atoms with Crippen LogP contribution in [0.3, 0.4) is 0 Å². The number of carbonyl (C=O) groups excluding carboxylic acids is 1. The summed E-state index contributed by atoms with van der Waals surface area (Å²) in [7, 11) is 0. The zero-order valence-corrected chi connectivity index (χ0v) is 21.5. The number of carbonyl (C=O) groups is 1. The van der Waals surface area contributed by atoms with Gasteiger partial charge in [-0.05, 0) is 36.2 Å². The first kappa shape index (κ1) is 25.3. The number of thiazole rings is 1. The van der Waals surface area contributed by atoms with Crippen LogP contribution in [0.1, 0.15) is 50.5 Å². The lowest BCUT2D eigenvalue weighted by atomic mass is 9.86. The average Bonchev–Trinajstić information content (AvgIpc) is 3.40. The highest BCUT2D eigenvalue weighted by Crippen LogP contribution is 2.40. The van der Waals surface area contributed by atoms with Crippen LogP contribution in [0.25, 0.3) is 10.2 Å². The van der Waals surface area contributed by atoms with Gasteiger partial charge < -0.3 is 14.4 Å². The van der Waals surface area contributed by atoms with E-state index in [1.54, 1.807) is 0 Å². The Morgan fingerprint density at radius 1 is 1.03 bits per heavy atom. The van der Waals surface area contributed by atoms with Crippen molar-refractivity contribution in [1.29, 1.82) is 0 Å². The molecule has 6 nitrogen and oxygen atoms in total. The predicted molar refractivity (Wildman–Crippen MR) is 138 cm³/mol. The van der Waals surface area contributed by atoms with Crippen LogP contribution in [0.4, 0.5) is 5.13 Å². The summed E-state index contributed by atoms with van der Waals surface area (Å²) in [6.45, 7) is 14.3. The van der Waals surface area contributed by atoms with Crippen LogP contribution in [-0.2, 0) is 5.41 Å². The molecule has 8 heteroatoms. The number of fused-ring (bicyclic) bond motifs is 2. The summed E-state index contributed by atoms with van der Waals surface area (Å²) in [5.41, 5.74) is 2.74. The average molecular weight is 490 g/mol. The standard InChI is InChI=1S/C25H31N3O3S.ClH/c1-6-27(7-2)12-13-28(23(29)17-8-10-18(11-9-17)25(3,4)5)24-26-19-14-20-21(31-16-30-20)15-22(19)32-24;/h8-11,14-15H,6-7,12-13,16H2,1-5H3;1H. The molecular formula is C25H32ClN3O3S. The van der Waals surface area contributed by atoms with E-state index < -0.39 is 0 Å². The van der Waals surface area contributed by atoms with E-state index in [9.17, 15) is 4.79 Å². The number of hydrogen-bond acceptors (Lipinski definition) is 6. The van der Waals surface area contributed by atoms with E-state index in [4.69, 9.17) is 14.5 Å². The van der Waals surface area contributed by atoms with Gasteiger partial charge in [-0.25, -0.2) is 4.98 Å². The molecule has 2 aromatic carbocycles. The summed E-state index contributed by atoms with van der Waals surface area (Å²) in [5, 5.41) is 0.695. The molecule has 0 N–H and O–H groups in total. The second kappa shape index (κ2) is 10.3. The van der Waals surface area contributed by atoms with Crippen molar-refractivity contribution >= 4 is 45.0 Å². The molecule has 0 radical (unpaired) electrons. The van der Waals surface area contributed by atoms with Gasteiger partial charge in [-0.3, -0.25) is 9.69 Å². The van der Waals surface area contributed by atoms with Crippen LogP contribution in [-0.4, -0.2) is 48.8 Å². The fraction of sp³-hybridized carbons (Fsp3) is 0.440. The Hall–Kier alpha value is -2.35. The largest absolute Gasteiger partial charge is 0.454 e. The highest BCUT2D eigenvalue weighted by molar-refractivity contribution is 7.22. The molecule has 0 bridgehead atoms. The monoisotopic (exact) mass is 489 g/mol. The number of ether oxygens (including phenoxy) is 2. The van der Waals surface area contributed by atoms with Crippen molar-refractivity contribution < 1.29 is 14.3 Å². The highest BCUT2D eigenvalue weighted by Gasteiger charge is 2.24. The maximum absolute atomic E-state index is 13.6. The Morgan fingerprint density at radius 2 is 1.67 bits per heavy atom. The fourth-order valence-electron chi connectivity index (χ4n) is 3.76. The van der Waals surface area contributed by atoms with E-state index >= 15 is 0 Å². The summed E-state index contributed by atoms with van der Waals surface area (Å²) in [4.78, 5) is 22.5. The number of anilines is 1. The molecule has 1 aromatic heterocycles. The summed E-state index contributed by atoms with van der Waals surface area (Å²) in [6.07, 6.45) is 0. The Bertz CT molecular complexity index is 1060. The molecule has 1 aliphatic heterocycles. The van der Waals surface area contributed by atoms with Crippen molar-refractivity contribution in [3.63, 3.8) is 0 Å². The van der Waals surface area contributed by atoms with Crippen LogP contribution in [0.2, 0.25) is 0 Å². The van der Waals surface area contributed by atoms with Crippen molar-refractivity contribution in [2.24, 2.45) is 0 Å². The van der Waals surface area contributed by atoms with E-state index in [-0.39, 0.29) is 30.5 Å². The number of hydrogen-bond donors (Lipinski definition) is 0. The van der Waals surface area contributed by atoms with Crippen LogP contribution >= 0.6 is 23.7 Å². The van der Waals surface area contributed by atoms with E-state index in [1.165, 1.54) is 16.9 Å². The summed E-state index contributed by atoms with van der Waals surface area (Å²) >= 11 is 1.51. The molecule has 0 saturated heterocycles. The van der Waals surface area contributed by atoms with Crippen molar-refractivity contribution in [3.8, 4) is 11.5 Å². The molecule has 0 aliphatic carbocycles. The van der Waals surface area contributed by atoms with Crippen LogP contribution in [0.15, 0.2) is 36.4 Å². The number of amides is 1. The maximum atomic E-state index is 13.6. The topological polar surface area (TPSA) is 54.9 Å². The lowest BCUT2D eigenvalue weighted by Gasteiger charge is -2.25. The van der Waals surface area contributed by atoms with Crippen molar-refractivity contribution in [2.75, 3.05) is 37.9 Å². The number of nitrogens with zero attached hydrogens (tertiary/aromatic N) is 3. The quantitative estimate of drug-likeness (QED) is 0.424.